The van der Waals surface area contributed by atoms with Crippen LogP contribution in [0, 0.1) is 5.41 Å². The average Bonchev–Trinajstić information content (AvgIpc) is 2.51. The number of rotatable bonds is 11. The molecule has 0 saturated carbocycles. The Hall–Kier alpha value is 0.660. The van der Waals surface area contributed by atoms with Gasteiger partial charge >= 0.3 is 0 Å². The highest BCUT2D eigenvalue weighted by Gasteiger charge is 2.26. The molecule has 0 aliphatic rings. The van der Waals surface area contributed by atoms with Crippen LogP contribution in [0.1, 0.15) is 52.9 Å². The Labute approximate surface area is 152 Å². The molecule has 22 heavy (non-hydrogen) atoms. The first-order valence-electron chi connectivity index (χ1n) is 7.30. The van der Waals surface area contributed by atoms with Crippen LogP contribution in [0.5, 0.6) is 0 Å². The van der Waals surface area contributed by atoms with E-state index >= 15 is 0 Å². The van der Waals surface area contributed by atoms with Crippen molar-refractivity contribution in [3.8, 4) is 0 Å². The van der Waals surface area contributed by atoms with Crippen LogP contribution in [0.15, 0.2) is 0 Å². The highest BCUT2D eigenvalue weighted by Crippen LogP contribution is 2.31. The highest BCUT2D eigenvalue weighted by atomic mass is 33.1. The van der Waals surface area contributed by atoms with Crippen LogP contribution >= 0.6 is 0 Å². The number of Topliss-reactive ketones (excluding diaryl/α,β-unsaturated/α-hetero) is 1. The number of carbonyl (C=O) groups excluding carboxylic acids is 2. The first-order valence-corrected chi connectivity index (χ1v) is 13.7. The molecule has 8 heteroatoms. The number of hydrogen-bond acceptors (Lipinski definition) is 4. The molecule has 0 aliphatic carbocycles. The number of aldehydes is 1. The predicted octanol–water partition coefficient (Wildman–Crippen LogP) is 2.67. The van der Waals surface area contributed by atoms with E-state index in [0.717, 1.165) is 25.5 Å². The van der Waals surface area contributed by atoms with E-state index in [9.17, 15) is 9.59 Å². The Balaban J connectivity index is 4.87. The van der Waals surface area contributed by atoms with Crippen LogP contribution in [0.2, 0.25) is 0 Å². The van der Waals surface area contributed by atoms with Crippen molar-refractivity contribution in [1.29, 1.82) is 0 Å². The van der Waals surface area contributed by atoms with Gasteiger partial charge in [0.25, 0.3) is 0 Å². The predicted molar refractivity (Wildman–Crippen MR) is 108 cm³/mol. The third-order valence-electron chi connectivity index (χ3n) is 4.18. The quantitative estimate of drug-likeness (QED) is 0.498. The van der Waals surface area contributed by atoms with E-state index in [1.165, 1.54) is 8.88 Å². The maximum atomic E-state index is 12.3. The molecule has 3 nitrogen and oxygen atoms in total. The standard InChI is InChI=1S/C14H27NO2S5/c1-6-14(3,7-2)9-8-13(17)10-12(11-16)15(21(4)19)22(5)20-18/h11-12H,6-10H2,1-5H3. The minimum atomic E-state index is -0.496. The second-order valence-corrected chi connectivity index (χ2v) is 13.0. The van der Waals surface area contributed by atoms with E-state index in [4.69, 9.17) is 22.4 Å². The molecule has 0 spiro atoms. The topological polar surface area (TPSA) is 37.4 Å². The molecule has 0 aromatic carbocycles. The molecule has 0 rings (SSSR count). The third-order valence-corrected chi connectivity index (χ3v) is 11.2. The van der Waals surface area contributed by atoms with Gasteiger partial charge in [0.1, 0.15) is 12.1 Å². The second-order valence-electron chi connectivity index (χ2n) is 5.66. The van der Waals surface area contributed by atoms with Gasteiger partial charge in [-0.2, -0.15) is 3.71 Å². The normalized spacial score (nSPS) is 16.1. The van der Waals surface area contributed by atoms with Crippen molar-refractivity contribution < 1.29 is 9.59 Å². The lowest BCUT2D eigenvalue weighted by molar-refractivity contribution is -0.122. The summed E-state index contributed by atoms with van der Waals surface area (Å²) in [6, 6.07) is -0.448. The Kier molecular flexibility index (Phi) is 11.6. The lowest BCUT2D eigenvalue weighted by Crippen LogP contribution is -2.39. The van der Waals surface area contributed by atoms with Gasteiger partial charge in [0.15, 0.2) is 0 Å². The summed E-state index contributed by atoms with van der Waals surface area (Å²) in [6.07, 6.45) is 8.48. The molecule has 0 aromatic heterocycles. The van der Waals surface area contributed by atoms with Crippen molar-refractivity contribution in [1.82, 2.24) is 3.71 Å². The first kappa shape index (κ1) is 22.7. The van der Waals surface area contributed by atoms with Gasteiger partial charge in [-0.15, -0.1) is 0 Å². The van der Waals surface area contributed by atoms with Crippen molar-refractivity contribution in [2.24, 2.45) is 5.41 Å². The molecule has 3 unspecified atom stereocenters. The molecule has 130 valence electrons. The maximum Gasteiger partial charge on any atom is 0.139 e. The lowest BCUT2D eigenvalue weighted by atomic mass is 9.79. The Morgan fingerprint density at radius 2 is 1.91 bits per heavy atom. The zero-order chi connectivity index (χ0) is 17.3. The summed E-state index contributed by atoms with van der Waals surface area (Å²) < 4.78 is 1.91. The summed E-state index contributed by atoms with van der Waals surface area (Å²) in [5.74, 6) is 0.141. The Morgan fingerprint density at radius 1 is 1.36 bits per heavy atom. The van der Waals surface area contributed by atoms with Crippen molar-refractivity contribution in [3.05, 3.63) is 0 Å². The molecule has 0 fully saturated rings. The Morgan fingerprint density at radius 3 is 2.27 bits per heavy atom. The van der Waals surface area contributed by atoms with Crippen LogP contribution < -0.4 is 0 Å². The Bertz CT molecular complexity index is 470. The first-order chi connectivity index (χ1) is 10.2. The number of hydrogen-bond donors (Lipinski definition) is 0. The molecule has 0 saturated heterocycles. The molecule has 0 heterocycles. The van der Waals surface area contributed by atoms with Crippen LogP contribution in [0.4, 0.5) is 0 Å². The van der Waals surface area contributed by atoms with E-state index in [0.29, 0.717) is 6.42 Å². The summed E-state index contributed by atoms with van der Waals surface area (Å²) in [4.78, 5) is 23.7. The van der Waals surface area contributed by atoms with Crippen LogP contribution in [0.25, 0.3) is 0 Å². The molecule has 0 aliphatic heterocycles. The average molecular weight is 402 g/mol. The SMILES string of the molecule is CCC(C)(CC)CCC(=O)CC(C=O)N(S(C)=S)S(C)=S=S. The van der Waals surface area contributed by atoms with Gasteiger partial charge in [0, 0.05) is 25.4 Å². The van der Waals surface area contributed by atoms with Gasteiger partial charge in [-0.1, -0.05) is 33.6 Å². The fourth-order valence-corrected chi connectivity index (χ4v) is 8.41. The van der Waals surface area contributed by atoms with Gasteiger partial charge in [-0.3, -0.25) is 4.79 Å². The minimum absolute atomic E-state index is 0.141. The van der Waals surface area contributed by atoms with Crippen molar-refractivity contribution in [2.75, 3.05) is 12.5 Å². The van der Waals surface area contributed by atoms with Crippen LogP contribution in [0.3, 0.4) is 0 Å². The fourth-order valence-electron chi connectivity index (χ4n) is 2.11. The maximum absolute atomic E-state index is 12.3. The van der Waals surface area contributed by atoms with Crippen LogP contribution in [-0.2, 0) is 60.1 Å². The molecule has 3 atom stereocenters. The van der Waals surface area contributed by atoms with Gasteiger partial charge in [-0.25, -0.2) is 0 Å². The summed E-state index contributed by atoms with van der Waals surface area (Å²) in [5, 5.41) is 0. The smallest absolute Gasteiger partial charge is 0.139 e. The zero-order valence-corrected chi connectivity index (χ0v) is 18.1. The van der Waals surface area contributed by atoms with Gasteiger partial charge in [0.2, 0.25) is 0 Å². The van der Waals surface area contributed by atoms with Crippen molar-refractivity contribution in [3.63, 3.8) is 0 Å². The largest absolute Gasteiger partial charge is 0.302 e. The van der Waals surface area contributed by atoms with E-state index in [-0.39, 0.29) is 27.3 Å². The highest BCUT2D eigenvalue weighted by molar-refractivity contribution is 8.50. The summed E-state index contributed by atoms with van der Waals surface area (Å²) in [5.41, 5.74) is 0.213. The molecular formula is C14H27NO2S5. The third kappa shape index (κ3) is 7.49. The summed E-state index contributed by atoms with van der Waals surface area (Å²) in [6.45, 7) is 6.54. The molecule has 0 bridgehead atoms. The van der Waals surface area contributed by atoms with Crippen molar-refractivity contribution >= 4 is 62.6 Å². The number of carbonyl (C=O) groups is 2. The molecular weight excluding hydrogens is 374 g/mol. The monoisotopic (exact) mass is 401 g/mol. The number of nitrogens with zero attached hydrogens (tertiary/aromatic N) is 1. The fraction of sp³-hybridized carbons (Fsp3) is 0.857. The minimum Gasteiger partial charge on any atom is -0.302 e. The van der Waals surface area contributed by atoms with Gasteiger partial charge in [0.05, 0.1) is 6.04 Å². The second kappa shape index (κ2) is 11.3. The van der Waals surface area contributed by atoms with Gasteiger partial charge < -0.3 is 4.79 Å². The number of ketones is 1. The molecule has 0 aromatic rings. The molecule has 0 N–H and O–H groups in total. The zero-order valence-electron chi connectivity index (χ0n) is 14.0. The van der Waals surface area contributed by atoms with E-state index in [1.54, 1.807) is 0 Å². The van der Waals surface area contributed by atoms with Crippen molar-refractivity contribution in [2.45, 2.75) is 58.9 Å². The molecule has 0 amide bonds. The molecule has 0 radical (unpaired) electrons. The lowest BCUT2D eigenvalue weighted by Gasteiger charge is -2.28. The van der Waals surface area contributed by atoms with E-state index in [2.05, 4.69) is 20.8 Å². The summed E-state index contributed by atoms with van der Waals surface area (Å²) in [7, 11) is 0.442. The van der Waals surface area contributed by atoms with Crippen LogP contribution in [-0.4, -0.2) is 34.3 Å². The van der Waals surface area contributed by atoms with Gasteiger partial charge in [-0.05, 0) is 62.4 Å². The van der Waals surface area contributed by atoms with E-state index < -0.39 is 15.7 Å². The van der Waals surface area contributed by atoms with E-state index in [1.807, 2.05) is 16.2 Å². The summed E-state index contributed by atoms with van der Waals surface area (Å²) >= 11 is 10.4.